The third kappa shape index (κ3) is 2.21. The first kappa shape index (κ1) is 13.8. The van der Waals surface area contributed by atoms with Crippen LogP contribution < -0.4 is 4.90 Å². The fraction of sp³-hybridized carbons (Fsp3) is 0.125. The van der Waals surface area contributed by atoms with Gasteiger partial charge in [0.15, 0.2) is 0 Å². The molecule has 3 nitrogen and oxygen atoms in total. The highest BCUT2D eigenvalue weighted by molar-refractivity contribution is 6.52. The Bertz CT molecular complexity index is 773. The van der Waals surface area contributed by atoms with E-state index in [0.717, 1.165) is 5.56 Å². The molecule has 2 aromatic carbocycles. The Hall–Kier alpha value is -2.20. The number of halogens is 2. The lowest BCUT2D eigenvalue weighted by molar-refractivity contribution is -0.114. The summed E-state index contributed by atoms with van der Waals surface area (Å²) in [6, 6.07) is 9.30. The maximum absolute atomic E-state index is 13.8. The van der Waals surface area contributed by atoms with Crippen molar-refractivity contribution in [2.75, 3.05) is 4.90 Å². The van der Waals surface area contributed by atoms with E-state index in [1.165, 1.54) is 23.1 Å². The number of carbonyl (C=O) groups excluding carboxylic acids is 2. The Balaban J connectivity index is 2.06. The van der Waals surface area contributed by atoms with E-state index in [0.29, 0.717) is 16.3 Å². The van der Waals surface area contributed by atoms with E-state index in [1.54, 1.807) is 12.1 Å². The molecule has 0 aromatic heterocycles. The number of aryl methyl sites for hydroxylation is 1. The minimum absolute atomic E-state index is 0.0190. The number of hydrogen-bond donors (Lipinski definition) is 0. The van der Waals surface area contributed by atoms with E-state index in [4.69, 9.17) is 11.6 Å². The van der Waals surface area contributed by atoms with Gasteiger partial charge < -0.3 is 0 Å². The smallest absolute Gasteiger partial charge is 0.299 e. The van der Waals surface area contributed by atoms with Gasteiger partial charge in [-0.2, -0.15) is 0 Å². The highest BCUT2D eigenvalue weighted by Gasteiger charge is 2.36. The molecule has 1 heterocycles. The lowest BCUT2D eigenvalue weighted by Crippen LogP contribution is -2.29. The highest BCUT2D eigenvalue weighted by Crippen LogP contribution is 2.33. The largest absolute Gasteiger partial charge is 0.300 e. The van der Waals surface area contributed by atoms with Crippen molar-refractivity contribution in [1.29, 1.82) is 0 Å². The SMILES string of the molecule is Cc1cccc2c1N(Cc1cc(Cl)ccc1F)C(=O)C2=O. The molecule has 0 saturated carbocycles. The van der Waals surface area contributed by atoms with Gasteiger partial charge in [0.2, 0.25) is 0 Å². The van der Waals surface area contributed by atoms with E-state index in [1.807, 2.05) is 13.0 Å². The van der Waals surface area contributed by atoms with Crippen molar-refractivity contribution >= 4 is 29.0 Å². The topological polar surface area (TPSA) is 37.4 Å². The summed E-state index contributed by atoms with van der Waals surface area (Å²) in [6.45, 7) is 1.79. The van der Waals surface area contributed by atoms with Gasteiger partial charge in [-0.3, -0.25) is 14.5 Å². The number of carbonyl (C=O) groups is 2. The van der Waals surface area contributed by atoms with Gasteiger partial charge in [0.1, 0.15) is 5.82 Å². The van der Waals surface area contributed by atoms with Gasteiger partial charge in [0.05, 0.1) is 17.8 Å². The number of fused-ring (bicyclic) bond motifs is 1. The Morgan fingerprint density at radius 3 is 2.71 bits per heavy atom. The second kappa shape index (κ2) is 4.97. The zero-order valence-corrected chi connectivity index (χ0v) is 11.9. The second-order valence-electron chi connectivity index (χ2n) is 4.93. The van der Waals surface area contributed by atoms with Gasteiger partial charge in [-0.1, -0.05) is 23.7 Å². The molecule has 2 aromatic rings. The number of anilines is 1. The van der Waals surface area contributed by atoms with Crippen LogP contribution in [-0.4, -0.2) is 11.7 Å². The molecule has 106 valence electrons. The van der Waals surface area contributed by atoms with Crippen molar-refractivity contribution < 1.29 is 14.0 Å². The summed E-state index contributed by atoms with van der Waals surface area (Å²) in [5.74, 6) is -1.66. The number of hydrogen-bond acceptors (Lipinski definition) is 2. The molecule has 0 fully saturated rings. The third-order valence-electron chi connectivity index (χ3n) is 3.53. The Morgan fingerprint density at radius 2 is 1.95 bits per heavy atom. The summed E-state index contributed by atoms with van der Waals surface area (Å²) in [7, 11) is 0. The highest BCUT2D eigenvalue weighted by atomic mass is 35.5. The van der Waals surface area contributed by atoms with E-state index < -0.39 is 17.5 Å². The van der Waals surface area contributed by atoms with Crippen LogP contribution in [0.2, 0.25) is 5.02 Å². The van der Waals surface area contributed by atoms with Crippen molar-refractivity contribution in [3.05, 3.63) is 63.9 Å². The van der Waals surface area contributed by atoms with Crippen LogP contribution in [0.3, 0.4) is 0 Å². The van der Waals surface area contributed by atoms with Gasteiger partial charge in [-0.15, -0.1) is 0 Å². The summed E-state index contributed by atoms with van der Waals surface area (Å²) in [6.07, 6.45) is 0. The summed E-state index contributed by atoms with van der Waals surface area (Å²) in [5.41, 5.74) is 1.99. The molecule has 0 spiro atoms. The first-order valence-corrected chi connectivity index (χ1v) is 6.76. The molecule has 0 bridgehead atoms. The summed E-state index contributed by atoms with van der Waals surface area (Å²) in [5, 5.41) is 0.384. The molecule has 0 radical (unpaired) electrons. The van der Waals surface area contributed by atoms with Crippen molar-refractivity contribution in [3.8, 4) is 0 Å². The molecule has 5 heteroatoms. The Labute approximate surface area is 125 Å². The molecule has 0 saturated heterocycles. The molecule has 21 heavy (non-hydrogen) atoms. The van der Waals surface area contributed by atoms with Gasteiger partial charge in [0.25, 0.3) is 11.7 Å². The zero-order chi connectivity index (χ0) is 15.1. The minimum atomic E-state index is -0.640. The Kier molecular flexibility index (Phi) is 3.26. The molecule has 0 aliphatic carbocycles. The zero-order valence-electron chi connectivity index (χ0n) is 11.2. The number of para-hydroxylation sites is 1. The van der Waals surface area contributed by atoms with Gasteiger partial charge in [-0.25, -0.2) is 4.39 Å². The maximum atomic E-state index is 13.8. The molecule has 1 aliphatic rings. The minimum Gasteiger partial charge on any atom is -0.300 e. The van der Waals surface area contributed by atoms with Gasteiger partial charge in [-0.05, 0) is 36.8 Å². The van der Waals surface area contributed by atoms with E-state index >= 15 is 0 Å². The van der Waals surface area contributed by atoms with Crippen LogP contribution in [0.25, 0.3) is 0 Å². The first-order chi connectivity index (χ1) is 9.99. The van der Waals surface area contributed by atoms with Crippen molar-refractivity contribution in [1.82, 2.24) is 0 Å². The van der Waals surface area contributed by atoms with Crippen molar-refractivity contribution in [3.63, 3.8) is 0 Å². The molecule has 0 atom stereocenters. The second-order valence-corrected chi connectivity index (χ2v) is 5.36. The fourth-order valence-corrected chi connectivity index (χ4v) is 2.72. The van der Waals surface area contributed by atoms with E-state index in [9.17, 15) is 14.0 Å². The molecule has 0 N–H and O–H groups in total. The molecule has 0 unspecified atom stereocenters. The molecule has 1 amide bonds. The normalized spacial score (nSPS) is 13.8. The number of amides is 1. The first-order valence-electron chi connectivity index (χ1n) is 6.39. The van der Waals surface area contributed by atoms with Crippen LogP contribution in [0.5, 0.6) is 0 Å². The number of Topliss-reactive ketones (excluding diaryl/α,β-unsaturated/α-hetero) is 1. The van der Waals surface area contributed by atoms with Crippen LogP contribution in [0, 0.1) is 12.7 Å². The fourth-order valence-electron chi connectivity index (χ4n) is 2.53. The molecular formula is C16H11ClFNO2. The van der Waals surface area contributed by atoms with Crippen LogP contribution in [0.1, 0.15) is 21.5 Å². The van der Waals surface area contributed by atoms with Crippen LogP contribution >= 0.6 is 11.6 Å². The number of nitrogens with zero attached hydrogens (tertiary/aromatic N) is 1. The lowest BCUT2D eigenvalue weighted by Gasteiger charge is -2.19. The maximum Gasteiger partial charge on any atom is 0.299 e. The molecule has 1 aliphatic heterocycles. The molecule has 3 rings (SSSR count). The monoisotopic (exact) mass is 303 g/mol. The van der Waals surface area contributed by atoms with Gasteiger partial charge in [0, 0.05) is 10.6 Å². The average molecular weight is 304 g/mol. The quantitative estimate of drug-likeness (QED) is 0.796. The number of rotatable bonds is 2. The van der Waals surface area contributed by atoms with Gasteiger partial charge >= 0.3 is 0 Å². The Morgan fingerprint density at radius 1 is 1.19 bits per heavy atom. The van der Waals surface area contributed by atoms with Crippen LogP contribution in [0.4, 0.5) is 10.1 Å². The summed E-state index contributed by atoms with van der Waals surface area (Å²) in [4.78, 5) is 25.4. The van der Waals surface area contributed by atoms with E-state index in [2.05, 4.69) is 0 Å². The van der Waals surface area contributed by atoms with Crippen LogP contribution in [0.15, 0.2) is 36.4 Å². The van der Waals surface area contributed by atoms with Crippen LogP contribution in [-0.2, 0) is 11.3 Å². The summed E-state index contributed by atoms with van der Waals surface area (Å²) < 4.78 is 13.8. The molecular weight excluding hydrogens is 293 g/mol. The standard InChI is InChI=1S/C16H11ClFNO2/c1-9-3-2-4-12-14(9)19(16(21)15(12)20)8-10-7-11(17)5-6-13(10)18/h2-7H,8H2,1H3. The number of benzene rings is 2. The van der Waals surface area contributed by atoms with E-state index in [-0.39, 0.29) is 12.1 Å². The number of ketones is 1. The van der Waals surface area contributed by atoms with Crippen molar-refractivity contribution in [2.45, 2.75) is 13.5 Å². The van der Waals surface area contributed by atoms with Crippen molar-refractivity contribution in [2.24, 2.45) is 0 Å². The lowest BCUT2D eigenvalue weighted by atomic mass is 10.1. The third-order valence-corrected chi connectivity index (χ3v) is 3.76. The predicted octanol–water partition coefficient (Wildman–Crippen LogP) is 3.52. The predicted molar refractivity (Wildman–Crippen MR) is 78.1 cm³/mol. The summed E-state index contributed by atoms with van der Waals surface area (Å²) >= 11 is 5.86. The average Bonchev–Trinajstić information content (AvgIpc) is 2.69.